The first-order valence-electron chi connectivity index (χ1n) is 8.44. The topological polar surface area (TPSA) is 15.3 Å². The highest BCUT2D eigenvalue weighted by molar-refractivity contribution is 5.29. The SMILES string of the molecule is CCCNC(CN1CCc2ccccc2C1)c1ccccc1. The van der Waals surface area contributed by atoms with Crippen LogP contribution in [0.5, 0.6) is 0 Å². The Balaban J connectivity index is 1.69. The quantitative estimate of drug-likeness (QED) is 0.872. The monoisotopic (exact) mass is 294 g/mol. The zero-order valence-corrected chi connectivity index (χ0v) is 13.5. The van der Waals surface area contributed by atoms with Gasteiger partial charge in [0.15, 0.2) is 0 Å². The highest BCUT2D eigenvalue weighted by Gasteiger charge is 2.20. The zero-order chi connectivity index (χ0) is 15.2. The van der Waals surface area contributed by atoms with E-state index in [1.165, 1.54) is 29.5 Å². The summed E-state index contributed by atoms with van der Waals surface area (Å²) in [5.74, 6) is 0. The Morgan fingerprint density at radius 2 is 1.73 bits per heavy atom. The molecule has 1 unspecified atom stereocenters. The van der Waals surface area contributed by atoms with Gasteiger partial charge in [-0.15, -0.1) is 0 Å². The molecule has 22 heavy (non-hydrogen) atoms. The molecular formula is C20H26N2. The van der Waals surface area contributed by atoms with Gasteiger partial charge in [0, 0.05) is 25.7 Å². The number of fused-ring (bicyclic) bond motifs is 1. The number of hydrogen-bond acceptors (Lipinski definition) is 2. The molecule has 1 N–H and O–H groups in total. The molecule has 0 saturated heterocycles. The second-order valence-electron chi connectivity index (χ2n) is 6.17. The second-order valence-corrected chi connectivity index (χ2v) is 6.17. The van der Waals surface area contributed by atoms with Gasteiger partial charge in [0.05, 0.1) is 0 Å². The Kier molecular flexibility index (Phi) is 5.25. The lowest BCUT2D eigenvalue weighted by Gasteiger charge is -2.32. The molecule has 2 heteroatoms. The molecule has 0 amide bonds. The summed E-state index contributed by atoms with van der Waals surface area (Å²) in [6.45, 7) is 6.62. The lowest BCUT2D eigenvalue weighted by Crippen LogP contribution is -2.38. The van der Waals surface area contributed by atoms with Gasteiger partial charge in [-0.1, -0.05) is 61.5 Å². The van der Waals surface area contributed by atoms with Crippen LogP contribution in [0.25, 0.3) is 0 Å². The fourth-order valence-electron chi connectivity index (χ4n) is 3.26. The normalized spacial score (nSPS) is 16.2. The molecule has 1 heterocycles. The summed E-state index contributed by atoms with van der Waals surface area (Å²) in [5.41, 5.74) is 4.42. The van der Waals surface area contributed by atoms with Crippen molar-refractivity contribution >= 4 is 0 Å². The molecule has 1 atom stereocenters. The van der Waals surface area contributed by atoms with Gasteiger partial charge in [-0.25, -0.2) is 0 Å². The van der Waals surface area contributed by atoms with Gasteiger partial charge in [0.1, 0.15) is 0 Å². The minimum absolute atomic E-state index is 0.423. The van der Waals surface area contributed by atoms with Crippen LogP contribution in [0.1, 0.15) is 36.1 Å². The molecule has 0 bridgehead atoms. The van der Waals surface area contributed by atoms with E-state index in [0.29, 0.717) is 6.04 Å². The van der Waals surface area contributed by atoms with Crippen LogP contribution in [0.3, 0.4) is 0 Å². The van der Waals surface area contributed by atoms with Gasteiger partial charge >= 0.3 is 0 Å². The Hall–Kier alpha value is -1.64. The van der Waals surface area contributed by atoms with E-state index < -0.39 is 0 Å². The van der Waals surface area contributed by atoms with E-state index in [-0.39, 0.29) is 0 Å². The van der Waals surface area contributed by atoms with Crippen molar-refractivity contribution in [2.75, 3.05) is 19.6 Å². The first kappa shape index (κ1) is 15.3. The Bertz CT molecular complexity index is 579. The summed E-state index contributed by atoms with van der Waals surface area (Å²) in [6, 6.07) is 20.1. The van der Waals surface area contributed by atoms with Crippen LogP contribution in [0, 0.1) is 0 Å². The highest BCUT2D eigenvalue weighted by atomic mass is 15.2. The van der Waals surface area contributed by atoms with Crippen LogP contribution in [0.4, 0.5) is 0 Å². The molecule has 1 aliphatic rings. The molecule has 0 aromatic heterocycles. The summed E-state index contributed by atoms with van der Waals surface area (Å²) < 4.78 is 0. The molecule has 2 nitrogen and oxygen atoms in total. The summed E-state index contributed by atoms with van der Waals surface area (Å²) in [7, 11) is 0. The van der Waals surface area contributed by atoms with Crippen molar-refractivity contribution in [1.82, 2.24) is 10.2 Å². The molecular weight excluding hydrogens is 268 g/mol. The van der Waals surface area contributed by atoms with Crippen LogP contribution in [0.15, 0.2) is 54.6 Å². The van der Waals surface area contributed by atoms with Gasteiger partial charge in [-0.2, -0.15) is 0 Å². The average Bonchev–Trinajstić information content (AvgIpc) is 2.59. The number of nitrogens with one attached hydrogen (secondary N) is 1. The molecule has 2 aromatic carbocycles. The van der Waals surface area contributed by atoms with Gasteiger partial charge in [-0.3, -0.25) is 4.90 Å². The summed E-state index contributed by atoms with van der Waals surface area (Å²) in [5, 5.41) is 3.72. The average molecular weight is 294 g/mol. The number of nitrogens with zero attached hydrogens (tertiary/aromatic N) is 1. The van der Waals surface area contributed by atoms with Crippen LogP contribution in [-0.4, -0.2) is 24.5 Å². The van der Waals surface area contributed by atoms with E-state index in [2.05, 4.69) is 71.7 Å². The minimum atomic E-state index is 0.423. The van der Waals surface area contributed by atoms with Crippen molar-refractivity contribution < 1.29 is 0 Å². The maximum Gasteiger partial charge on any atom is 0.0449 e. The predicted octanol–water partition coefficient (Wildman–Crippen LogP) is 3.79. The minimum Gasteiger partial charge on any atom is -0.309 e. The molecule has 0 aliphatic carbocycles. The largest absolute Gasteiger partial charge is 0.309 e. The zero-order valence-electron chi connectivity index (χ0n) is 13.5. The van der Waals surface area contributed by atoms with Gasteiger partial charge < -0.3 is 5.32 Å². The molecule has 0 spiro atoms. The van der Waals surface area contributed by atoms with Crippen molar-refractivity contribution in [3.63, 3.8) is 0 Å². The van der Waals surface area contributed by atoms with E-state index >= 15 is 0 Å². The van der Waals surface area contributed by atoms with E-state index in [1.54, 1.807) is 0 Å². The van der Waals surface area contributed by atoms with Crippen molar-refractivity contribution in [1.29, 1.82) is 0 Å². The fourth-order valence-corrected chi connectivity index (χ4v) is 3.26. The van der Waals surface area contributed by atoms with Gasteiger partial charge in [0.25, 0.3) is 0 Å². The summed E-state index contributed by atoms with van der Waals surface area (Å²) in [6.07, 6.45) is 2.34. The first-order valence-corrected chi connectivity index (χ1v) is 8.44. The third-order valence-electron chi connectivity index (χ3n) is 4.49. The lowest BCUT2D eigenvalue weighted by atomic mass is 9.98. The van der Waals surface area contributed by atoms with Gasteiger partial charge in [0.2, 0.25) is 0 Å². The number of benzene rings is 2. The fraction of sp³-hybridized carbons (Fsp3) is 0.400. The third kappa shape index (κ3) is 3.76. The number of rotatable bonds is 6. The third-order valence-corrected chi connectivity index (χ3v) is 4.49. The summed E-state index contributed by atoms with van der Waals surface area (Å²) in [4.78, 5) is 2.59. The van der Waals surface area contributed by atoms with Crippen LogP contribution < -0.4 is 5.32 Å². The lowest BCUT2D eigenvalue weighted by molar-refractivity contribution is 0.225. The number of hydrogen-bond donors (Lipinski definition) is 1. The molecule has 0 radical (unpaired) electrons. The predicted molar refractivity (Wildman–Crippen MR) is 92.9 cm³/mol. The molecule has 0 fully saturated rings. The summed E-state index contributed by atoms with van der Waals surface area (Å²) >= 11 is 0. The van der Waals surface area contributed by atoms with Crippen LogP contribution in [-0.2, 0) is 13.0 Å². The maximum absolute atomic E-state index is 3.72. The van der Waals surface area contributed by atoms with Crippen molar-refractivity contribution in [2.45, 2.75) is 32.4 Å². The van der Waals surface area contributed by atoms with E-state index in [4.69, 9.17) is 0 Å². The van der Waals surface area contributed by atoms with Gasteiger partial charge in [-0.05, 0) is 36.1 Å². The molecule has 3 rings (SSSR count). The maximum atomic E-state index is 3.72. The highest BCUT2D eigenvalue weighted by Crippen LogP contribution is 2.21. The smallest absolute Gasteiger partial charge is 0.0449 e. The van der Waals surface area contributed by atoms with Crippen molar-refractivity contribution in [3.8, 4) is 0 Å². The molecule has 1 aliphatic heterocycles. The molecule has 0 saturated carbocycles. The first-order chi connectivity index (χ1) is 10.9. The Morgan fingerprint density at radius 3 is 2.50 bits per heavy atom. The Morgan fingerprint density at radius 1 is 1.00 bits per heavy atom. The Labute approximate surface area is 134 Å². The van der Waals surface area contributed by atoms with Crippen molar-refractivity contribution in [2.24, 2.45) is 0 Å². The van der Waals surface area contributed by atoms with Crippen molar-refractivity contribution in [3.05, 3.63) is 71.3 Å². The van der Waals surface area contributed by atoms with E-state index in [0.717, 1.165) is 26.2 Å². The molecule has 116 valence electrons. The standard InChI is InChI=1S/C20H26N2/c1-2-13-21-20(18-9-4-3-5-10-18)16-22-14-12-17-8-6-7-11-19(17)15-22/h3-11,20-21H,2,12-16H2,1H3. The molecule has 2 aromatic rings. The van der Waals surface area contributed by atoms with E-state index in [1.807, 2.05) is 0 Å². The van der Waals surface area contributed by atoms with Crippen LogP contribution in [0.2, 0.25) is 0 Å². The van der Waals surface area contributed by atoms with E-state index in [9.17, 15) is 0 Å². The second kappa shape index (κ2) is 7.57. The van der Waals surface area contributed by atoms with Crippen LogP contribution >= 0.6 is 0 Å².